The molecule has 1 aliphatic heterocycles. The van der Waals surface area contributed by atoms with Gasteiger partial charge in [0.15, 0.2) is 0 Å². The van der Waals surface area contributed by atoms with Crippen molar-refractivity contribution in [1.29, 1.82) is 0 Å². The summed E-state index contributed by atoms with van der Waals surface area (Å²) in [5.41, 5.74) is -0.544. The van der Waals surface area contributed by atoms with E-state index in [1.54, 1.807) is 20.8 Å². The van der Waals surface area contributed by atoms with E-state index in [-0.39, 0.29) is 24.5 Å². The van der Waals surface area contributed by atoms with Crippen LogP contribution in [0.15, 0.2) is 0 Å². The lowest BCUT2D eigenvalue weighted by molar-refractivity contribution is -0.145. The number of esters is 1. The first-order valence-electron chi connectivity index (χ1n) is 6.50. The maximum Gasteiger partial charge on any atom is 0.407 e. The van der Waals surface area contributed by atoms with Crippen LogP contribution in [-0.2, 0) is 19.0 Å². The number of carbonyl (C=O) groups is 2. The van der Waals surface area contributed by atoms with Crippen LogP contribution in [0.2, 0.25) is 0 Å². The van der Waals surface area contributed by atoms with Crippen LogP contribution in [-0.4, -0.2) is 43.5 Å². The van der Waals surface area contributed by atoms with Gasteiger partial charge in [0.1, 0.15) is 5.60 Å². The smallest absolute Gasteiger partial charge is 0.407 e. The Bertz CT molecular complexity index is 323. The lowest BCUT2D eigenvalue weighted by Crippen LogP contribution is -2.49. The van der Waals surface area contributed by atoms with Crippen molar-refractivity contribution in [2.75, 3.05) is 13.7 Å². The van der Waals surface area contributed by atoms with E-state index in [4.69, 9.17) is 9.47 Å². The fourth-order valence-corrected chi connectivity index (χ4v) is 1.91. The van der Waals surface area contributed by atoms with Gasteiger partial charge in [-0.2, -0.15) is 0 Å². The maximum atomic E-state index is 11.7. The molecule has 110 valence electrons. The Balaban J connectivity index is 2.52. The van der Waals surface area contributed by atoms with Gasteiger partial charge in [-0.05, 0) is 33.6 Å². The topological polar surface area (TPSA) is 73.9 Å². The molecule has 1 N–H and O–H groups in total. The molecule has 19 heavy (non-hydrogen) atoms. The first kappa shape index (κ1) is 15.8. The summed E-state index contributed by atoms with van der Waals surface area (Å²) in [7, 11) is 1.33. The molecule has 0 aliphatic carbocycles. The molecule has 2 atom stereocenters. The Morgan fingerprint density at radius 2 is 2.05 bits per heavy atom. The van der Waals surface area contributed by atoms with Crippen molar-refractivity contribution < 1.29 is 23.8 Å². The van der Waals surface area contributed by atoms with Crippen LogP contribution in [0.4, 0.5) is 4.79 Å². The number of methoxy groups -OCH3 is 1. The third-order valence-corrected chi connectivity index (χ3v) is 2.74. The van der Waals surface area contributed by atoms with Gasteiger partial charge in [-0.3, -0.25) is 4.79 Å². The van der Waals surface area contributed by atoms with Crippen molar-refractivity contribution in [2.45, 2.75) is 57.8 Å². The highest BCUT2D eigenvalue weighted by molar-refractivity contribution is 5.71. The number of rotatable bonds is 3. The SMILES string of the molecule is COC(=O)C[C@@H]1OCCC[C@@H]1NC(=O)OC(C)(C)C. The van der Waals surface area contributed by atoms with Crippen LogP contribution in [0.25, 0.3) is 0 Å². The summed E-state index contributed by atoms with van der Waals surface area (Å²) >= 11 is 0. The van der Waals surface area contributed by atoms with Gasteiger partial charge in [0.05, 0.1) is 25.7 Å². The van der Waals surface area contributed by atoms with Gasteiger partial charge in [-0.15, -0.1) is 0 Å². The molecule has 0 bridgehead atoms. The monoisotopic (exact) mass is 273 g/mol. The number of nitrogens with one attached hydrogen (secondary N) is 1. The number of amides is 1. The zero-order valence-electron chi connectivity index (χ0n) is 12.0. The van der Waals surface area contributed by atoms with Crippen molar-refractivity contribution >= 4 is 12.1 Å². The molecule has 1 saturated heterocycles. The van der Waals surface area contributed by atoms with Crippen molar-refractivity contribution in [3.8, 4) is 0 Å². The molecule has 0 aromatic rings. The Kier molecular flexibility index (Phi) is 5.60. The molecular weight excluding hydrogens is 250 g/mol. The Morgan fingerprint density at radius 3 is 2.63 bits per heavy atom. The van der Waals surface area contributed by atoms with E-state index in [0.29, 0.717) is 6.61 Å². The zero-order chi connectivity index (χ0) is 14.5. The van der Waals surface area contributed by atoms with Crippen molar-refractivity contribution in [3.63, 3.8) is 0 Å². The average Bonchev–Trinajstić information content (AvgIpc) is 2.29. The molecule has 0 aromatic carbocycles. The number of alkyl carbamates (subject to hydrolysis) is 1. The maximum absolute atomic E-state index is 11.7. The third-order valence-electron chi connectivity index (χ3n) is 2.74. The van der Waals surface area contributed by atoms with Crippen LogP contribution in [0.1, 0.15) is 40.0 Å². The Hall–Kier alpha value is -1.30. The lowest BCUT2D eigenvalue weighted by atomic mass is 10.00. The second kappa shape index (κ2) is 6.75. The number of hydrogen-bond acceptors (Lipinski definition) is 5. The molecule has 0 unspecified atom stereocenters. The second-order valence-corrected chi connectivity index (χ2v) is 5.58. The number of carbonyl (C=O) groups excluding carboxylic acids is 2. The molecule has 0 radical (unpaired) electrons. The predicted octanol–water partition coefficient (Wildman–Crippen LogP) is 1.62. The minimum absolute atomic E-state index is 0.136. The van der Waals surface area contributed by atoms with Crippen LogP contribution in [0.3, 0.4) is 0 Å². The van der Waals surface area contributed by atoms with Gasteiger partial charge in [-0.25, -0.2) is 4.79 Å². The molecule has 1 fully saturated rings. The summed E-state index contributed by atoms with van der Waals surface area (Å²) in [5.74, 6) is -0.345. The van der Waals surface area contributed by atoms with E-state index in [1.807, 2.05) is 0 Å². The van der Waals surface area contributed by atoms with E-state index in [0.717, 1.165) is 12.8 Å². The number of hydrogen-bond donors (Lipinski definition) is 1. The molecule has 0 saturated carbocycles. The fraction of sp³-hybridized carbons (Fsp3) is 0.846. The van der Waals surface area contributed by atoms with Gasteiger partial charge in [-0.1, -0.05) is 0 Å². The largest absolute Gasteiger partial charge is 0.469 e. The molecular formula is C13H23NO5. The minimum Gasteiger partial charge on any atom is -0.469 e. The second-order valence-electron chi connectivity index (χ2n) is 5.58. The lowest BCUT2D eigenvalue weighted by Gasteiger charge is -2.32. The standard InChI is InChI=1S/C13H23NO5/c1-13(2,3)19-12(16)14-9-6-5-7-18-10(9)8-11(15)17-4/h9-10H,5-8H2,1-4H3,(H,14,16)/t9-,10-/m0/s1. The summed E-state index contributed by atoms with van der Waals surface area (Å²) in [6.07, 6.45) is 0.905. The molecule has 6 heteroatoms. The molecule has 0 spiro atoms. The van der Waals surface area contributed by atoms with E-state index in [1.165, 1.54) is 7.11 Å². The average molecular weight is 273 g/mol. The first-order valence-corrected chi connectivity index (χ1v) is 6.50. The van der Waals surface area contributed by atoms with E-state index < -0.39 is 11.7 Å². The summed E-state index contributed by atoms with van der Waals surface area (Å²) in [5, 5.41) is 2.76. The molecule has 1 rings (SSSR count). The molecule has 0 aromatic heterocycles. The van der Waals surface area contributed by atoms with Crippen LogP contribution < -0.4 is 5.32 Å². The van der Waals surface area contributed by atoms with E-state index in [9.17, 15) is 9.59 Å². The Labute approximate surface area is 113 Å². The molecule has 6 nitrogen and oxygen atoms in total. The predicted molar refractivity (Wildman–Crippen MR) is 68.8 cm³/mol. The Morgan fingerprint density at radius 1 is 1.37 bits per heavy atom. The highest BCUT2D eigenvalue weighted by Crippen LogP contribution is 2.18. The first-order chi connectivity index (χ1) is 8.81. The highest BCUT2D eigenvalue weighted by atomic mass is 16.6. The van der Waals surface area contributed by atoms with Gasteiger partial charge in [0, 0.05) is 6.61 Å². The molecule has 1 aliphatic rings. The summed E-state index contributed by atoms with van der Waals surface area (Å²) in [4.78, 5) is 23.0. The minimum atomic E-state index is -0.544. The summed E-state index contributed by atoms with van der Waals surface area (Å²) < 4.78 is 15.3. The third kappa shape index (κ3) is 5.92. The highest BCUT2D eigenvalue weighted by Gasteiger charge is 2.31. The van der Waals surface area contributed by atoms with E-state index >= 15 is 0 Å². The van der Waals surface area contributed by atoms with Gasteiger partial charge in [0.25, 0.3) is 0 Å². The number of ether oxygens (including phenoxy) is 3. The van der Waals surface area contributed by atoms with Gasteiger partial charge in [0.2, 0.25) is 0 Å². The molecule has 1 heterocycles. The summed E-state index contributed by atoms with van der Waals surface area (Å²) in [6, 6.07) is -0.220. The van der Waals surface area contributed by atoms with Crippen molar-refractivity contribution in [3.05, 3.63) is 0 Å². The van der Waals surface area contributed by atoms with Gasteiger partial charge >= 0.3 is 12.1 Å². The van der Waals surface area contributed by atoms with Crippen molar-refractivity contribution in [1.82, 2.24) is 5.32 Å². The normalized spacial score (nSPS) is 23.6. The molecule has 1 amide bonds. The van der Waals surface area contributed by atoms with Crippen LogP contribution in [0.5, 0.6) is 0 Å². The summed E-state index contributed by atoms with van der Waals surface area (Å²) in [6.45, 7) is 6.00. The van der Waals surface area contributed by atoms with Gasteiger partial charge < -0.3 is 19.5 Å². The van der Waals surface area contributed by atoms with E-state index in [2.05, 4.69) is 10.1 Å². The fourth-order valence-electron chi connectivity index (χ4n) is 1.91. The van der Waals surface area contributed by atoms with Crippen LogP contribution in [0, 0.1) is 0 Å². The van der Waals surface area contributed by atoms with Crippen molar-refractivity contribution in [2.24, 2.45) is 0 Å². The zero-order valence-corrected chi connectivity index (χ0v) is 12.0. The van der Waals surface area contributed by atoms with Crippen LogP contribution >= 0.6 is 0 Å². The quantitative estimate of drug-likeness (QED) is 0.791.